The Morgan fingerprint density at radius 2 is 2.12 bits per heavy atom. The van der Waals surface area contributed by atoms with Crippen molar-refractivity contribution < 1.29 is 13.2 Å². The number of fused-ring (bicyclic) bond motifs is 3. The molecule has 0 spiro atoms. The zero-order valence-electron chi connectivity index (χ0n) is 13.8. The summed E-state index contributed by atoms with van der Waals surface area (Å²) in [5.41, 5.74) is 4.07. The number of nitrogens with one attached hydrogen (secondary N) is 2. The number of sulfone groups is 1. The minimum absolute atomic E-state index is 0.0491. The third-order valence-corrected chi connectivity index (χ3v) is 7.05. The molecule has 2 aromatic rings. The van der Waals surface area contributed by atoms with Crippen molar-refractivity contribution in [1.82, 2.24) is 10.3 Å². The smallest absolute Gasteiger partial charge is 0.253 e. The predicted molar refractivity (Wildman–Crippen MR) is 94.0 cm³/mol. The Morgan fingerprint density at radius 3 is 2.88 bits per heavy atom. The van der Waals surface area contributed by atoms with Crippen molar-refractivity contribution in [3.8, 4) is 0 Å². The van der Waals surface area contributed by atoms with E-state index in [1.807, 2.05) is 12.1 Å². The van der Waals surface area contributed by atoms with Crippen molar-refractivity contribution in [2.75, 3.05) is 11.5 Å². The topological polar surface area (TPSA) is 79.0 Å². The van der Waals surface area contributed by atoms with E-state index < -0.39 is 9.84 Å². The van der Waals surface area contributed by atoms with Gasteiger partial charge < -0.3 is 10.3 Å². The Bertz CT molecular complexity index is 914. The van der Waals surface area contributed by atoms with Crippen molar-refractivity contribution in [2.45, 2.75) is 38.6 Å². The Kier molecular flexibility index (Phi) is 3.67. The van der Waals surface area contributed by atoms with Gasteiger partial charge >= 0.3 is 0 Å². The molecule has 5 nitrogen and oxygen atoms in total. The van der Waals surface area contributed by atoms with E-state index in [0.29, 0.717) is 17.9 Å². The van der Waals surface area contributed by atoms with Gasteiger partial charge in [0.2, 0.25) is 0 Å². The molecule has 1 aromatic heterocycles. The molecule has 4 rings (SSSR count). The number of hydrogen-bond acceptors (Lipinski definition) is 3. The van der Waals surface area contributed by atoms with E-state index in [-0.39, 0.29) is 23.5 Å². The summed E-state index contributed by atoms with van der Waals surface area (Å²) in [5.74, 6) is 0.691. The van der Waals surface area contributed by atoms with E-state index in [0.717, 1.165) is 23.7 Å². The molecule has 0 saturated carbocycles. The minimum Gasteiger partial charge on any atom is -0.358 e. The van der Waals surface area contributed by atoms with Gasteiger partial charge in [0.05, 0.1) is 22.6 Å². The third-order valence-electron chi connectivity index (χ3n) is 5.28. The van der Waals surface area contributed by atoms with Crippen molar-refractivity contribution in [1.29, 1.82) is 0 Å². The Labute approximate surface area is 141 Å². The Morgan fingerprint density at radius 1 is 1.29 bits per heavy atom. The molecule has 2 heterocycles. The summed E-state index contributed by atoms with van der Waals surface area (Å²) in [6.07, 6.45) is 3.73. The minimum atomic E-state index is -3.00. The lowest BCUT2D eigenvalue weighted by molar-refractivity contribution is 0.0942. The molecule has 6 heteroatoms. The van der Waals surface area contributed by atoms with Crippen LogP contribution in [0.5, 0.6) is 0 Å². The molecular weight excluding hydrogens is 324 g/mol. The van der Waals surface area contributed by atoms with Crippen LogP contribution in [0.15, 0.2) is 18.2 Å². The van der Waals surface area contributed by atoms with E-state index >= 15 is 0 Å². The van der Waals surface area contributed by atoms with Crippen LogP contribution < -0.4 is 5.32 Å². The molecular formula is C18H22N2O3S. The van der Waals surface area contributed by atoms with Crippen molar-refractivity contribution in [3.63, 3.8) is 0 Å². The number of aryl methyl sites for hydroxylation is 1. The largest absolute Gasteiger partial charge is 0.358 e. The first kappa shape index (κ1) is 15.7. The molecule has 1 fully saturated rings. The first-order chi connectivity index (χ1) is 11.4. The van der Waals surface area contributed by atoms with Crippen molar-refractivity contribution >= 4 is 26.6 Å². The summed E-state index contributed by atoms with van der Waals surface area (Å²) >= 11 is 0. The second kappa shape index (κ2) is 5.62. The van der Waals surface area contributed by atoms with Crippen LogP contribution in [-0.2, 0) is 22.7 Å². The maximum absolute atomic E-state index is 12.7. The first-order valence-corrected chi connectivity index (χ1v) is 10.4. The second-order valence-electron chi connectivity index (χ2n) is 7.23. The number of carbonyl (C=O) groups excluding carboxylic acids is 1. The number of carbonyl (C=O) groups is 1. The number of benzene rings is 1. The zero-order valence-corrected chi connectivity index (χ0v) is 14.6. The summed E-state index contributed by atoms with van der Waals surface area (Å²) in [7, 11) is -3.00. The van der Waals surface area contributed by atoms with E-state index in [1.165, 1.54) is 17.7 Å². The third kappa shape index (κ3) is 2.73. The Hall–Kier alpha value is -1.82. The molecule has 24 heavy (non-hydrogen) atoms. The zero-order chi connectivity index (χ0) is 16.9. The Balaban J connectivity index is 1.66. The highest BCUT2D eigenvalue weighted by Crippen LogP contribution is 2.33. The number of amides is 1. The summed E-state index contributed by atoms with van der Waals surface area (Å²) < 4.78 is 23.2. The highest BCUT2D eigenvalue weighted by Gasteiger charge is 2.30. The molecule has 2 aliphatic rings. The molecule has 1 aromatic carbocycles. The number of aromatic amines is 1. The van der Waals surface area contributed by atoms with Crippen LogP contribution in [-0.4, -0.2) is 36.9 Å². The number of H-pyrrole nitrogens is 1. The SMILES string of the molecule is C[C@@H]1CCc2[nH]c3c(C(=O)N[C@@H]4CCS(=O)(=O)C4)cccc3c2C1. The van der Waals surface area contributed by atoms with Gasteiger partial charge in [0, 0.05) is 17.1 Å². The highest BCUT2D eigenvalue weighted by atomic mass is 32.2. The highest BCUT2D eigenvalue weighted by molar-refractivity contribution is 7.91. The molecule has 2 atom stereocenters. The van der Waals surface area contributed by atoms with Crippen LogP contribution >= 0.6 is 0 Å². The molecule has 1 aliphatic heterocycles. The molecule has 0 radical (unpaired) electrons. The fourth-order valence-electron chi connectivity index (χ4n) is 3.98. The fraction of sp³-hybridized carbons (Fsp3) is 0.500. The van der Waals surface area contributed by atoms with Crippen LogP contribution in [0.3, 0.4) is 0 Å². The van der Waals surface area contributed by atoms with Gasteiger partial charge in [0.1, 0.15) is 0 Å². The van der Waals surface area contributed by atoms with Crippen LogP contribution in [0.4, 0.5) is 0 Å². The van der Waals surface area contributed by atoms with Gasteiger partial charge in [-0.2, -0.15) is 0 Å². The predicted octanol–water partition coefficient (Wildman–Crippen LogP) is 2.21. The lowest BCUT2D eigenvalue weighted by atomic mass is 9.87. The van der Waals surface area contributed by atoms with Gasteiger partial charge in [-0.05, 0) is 43.2 Å². The lowest BCUT2D eigenvalue weighted by Gasteiger charge is -2.17. The van der Waals surface area contributed by atoms with E-state index in [4.69, 9.17) is 0 Å². The molecule has 0 bridgehead atoms. The summed E-state index contributed by atoms with van der Waals surface area (Å²) in [5, 5.41) is 4.02. The number of aromatic nitrogens is 1. The quantitative estimate of drug-likeness (QED) is 0.875. The van der Waals surface area contributed by atoms with Crippen molar-refractivity contribution in [2.24, 2.45) is 5.92 Å². The van der Waals surface area contributed by atoms with Gasteiger partial charge in [-0.25, -0.2) is 8.42 Å². The number of para-hydroxylation sites is 1. The van der Waals surface area contributed by atoms with Crippen LogP contribution in [0.25, 0.3) is 10.9 Å². The van der Waals surface area contributed by atoms with Crippen LogP contribution in [0.1, 0.15) is 41.4 Å². The van der Waals surface area contributed by atoms with E-state index in [1.54, 1.807) is 0 Å². The molecule has 0 unspecified atom stereocenters. The summed E-state index contributed by atoms with van der Waals surface area (Å²) in [6.45, 7) is 2.26. The maximum Gasteiger partial charge on any atom is 0.253 e. The van der Waals surface area contributed by atoms with Crippen molar-refractivity contribution in [3.05, 3.63) is 35.0 Å². The fourth-order valence-corrected chi connectivity index (χ4v) is 5.65. The molecule has 2 N–H and O–H groups in total. The normalized spacial score (nSPS) is 25.5. The molecule has 1 amide bonds. The van der Waals surface area contributed by atoms with Crippen LogP contribution in [0, 0.1) is 5.92 Å². The molecule has 1 aliphatic carbocycles. The standard InChI is InChI=1S/C18H22N2O3S/c1-11-5-6-16-15(9-11)13-3-2-4-14(17(13)20-16)18(21)19-12-7-8-24(22,23)10-12/h2-4,11-12,20H,5-10H2,1H3,(H,19,21)/t11-,12-/m1/s1. The summed E-state index contributed by atoms with van der Waals surface area (Å²) in [4.78, 5) is 16.1. The number of rotatable bonds is 2. The average molecular weight is 346 g/mol. The van der Waals surface area contributed by atoms with Gasteiger partial charge in [0.25, 0.3) is 5.91 Å². The number of hydrogen-bond donors (Lipinski definition) is 2. The summed E-state index contributed by atoms with van der Waals surface area (Å²) in [6, 6.07) is 5.52. The van der Waals surface area contributed by atoms with Gasteiger partial charge in [-0.3, -0.25) is 4.79 Å². The monoisotopic (exact) mass is 346 g/mol. The average Bonchev–Trinajstić information content (AvgIpc) is 3.06. The van der Waals surface area contributed by atoms with Gasteiger partial charge in [0.15, 0.2) is 9.84 Å². The van der Waals surface area contributed by atoms with Crippen LogP contribution in [0.2, 0.25) is 0 Å². The van der Waals surface area contributed by atoms with E-state index in [9.17, 15) is 13.2 Å². The molecule has 1 saturated heterocycles. The van der Waals surface area contributed by atoms with Gasteiger partial charge in [-0.15, -0.1) is 0 Å². The van der Waals surface area contributed by atoms with Gasteiger partial charge in [-0.1, -0.05) is 19.1 Å². The van der Waals surface area contributed by atoms with E-state index in [2.05, 4.69) is 23.3 Å². The second-order valence-corrected chi connectivity index (χ2v) is 9.46. The maximum atomic E-state index is 12.7. The first-order valence-electron chi connectivity index (χ1n) is 8.56. The lowest BCUT2D eigenvalue weighted by Crippen LogP contribution is -2.35. The molecule has 128 valence electrons.